The first-order valence-corrected chi connectivity index (χ1v) is 10.3. The van der Waals surface area contributed by atoms with Gasteiger partial charge in [0.1, 0.15) is 0 Å². The molecule has 0 amide bonds. The summed E-state index contributed by atoms with van der Waals surface area (Å²) in [7, 11) is 0. The van der Waals surface area contributed by atoms with E-state index in [9.17, 15) is 19.8 Å². The van der Waals surface area contributed by atoms with Crippen molar-refractivity contribution in [3.8, 4) is 0 Å². The zero-order valence-electron chi connectivity index (χ0n) is 16.2. The van der Waals surface area contributed by atoms with Crippen LogP contribution in [0, 0.1) is 34.5 Å². The van der Waals surface area contributed by atoms with Crippen molar-refractivity contribution in [2.75, 3.05) is 0 Å². The quantitative estimate of drug-likeness (QED) is 0.822. The highest BCUT2D eigenvalue weighted by molar-refractivity contribution is 5.91. The molecule has 0 radical (unpaired) electrons. The van der Waals surface area contributed by atoms with Crippen LogP contribution >= 0.6 is 0 Å². The van der Waals surface area contributed by atoms with E-state index in [0.717, 1.165) is 44.1 Å². The van der Waals surface area contributed by atoms with Crippen LogP contribution in [0.5, 0.6) is 0 Å². The molecule has 4 nitrogen and oxygen atoms in total. The Labute approximate surface area is 156 Å². The van der Waals surface area contributed by atoms with Crippen LogP contribution in [0.1, 0.15) is 72.1 Å². The third-order valence-electron chi connectivity index (χ3n) is 9.20. The number of carboxylic acid groups (broad SMARTS) is 1. The fraction of sp³-hybridized carbons (Fsp3) is 0.818. The lowest BCUT2D eigenvalue weighted by Gasteiger charge is -2.63. The van der Waals surface area contributed by atoms with E-state index in [2.05, 4.69) is 13.8 Å². The molecule has 0 saturated heterocycles. The number of hydrogen-bond donors (Lipinski definition) is 1. The Hall–Kier alpha value is -1.16. The summed E-state index contributed by atoms with van der Waals surface area (Å²) < 4.78 is 0. The molecule has 0 aliphatic heterocycles. The lowest BCUT2D eigenvalue weighted by Crippen LogP contribution is -2.63. The first kappa shape index (κ1) is 18.2. The molecule has 4 aliphatic carbocycles. The van der Waals surface area contributed by atoms with Gasteiger partial charge in [-0.2, -0.15) is 0 Å². The van der Waals surface area contributed by atoms with Gasteiger partial charge in [0, 0.05) is 17.8 Å². The summed E-state index contributed by atoms with van der Waals surface area (Å²) in [4.78, 5) is 23.4. The Morgan fingerprint density at radius 2 is 1.88 bits per heavy atom. The summed E-state index contributed by atoms with van der Waals surface area (Å²) in [5.41, 5.74) is 0.0530. The van der Waals surface area contributed by atoms with Gasteiger partial charge in [-0.3, -0.25) is 4.79 Å². The van der Waals surface area contributed by atoms with Gasteiger partial charge in [-0.25, -0.2) is 0 Å². The average Bonchev–Trinajstić information content (AvgIpc) is 2.93. The largest absolute Gasteiger partial charge is 0.550 e. The van der Waals surface area contributed by atoms with Gasteiger partial charge in [-0.15, -0.1) is 0 Å². The molecular formula is C22H31O4-. The lowest BCUT2D eigenvalue weighted by atomic mass is 9.44. The number of aliphatic carboxylic acids is 1. The minimum absolute atomic E-state index is 0.0293. The SMILES string of the molecule is C[C@H](C(=O)[O-])[C@H]1CC[C@H]2[C@@H]3CCC4=CC(=O)CC[C@]4(C)[C@@]3(O)CC[C@]12C. The normalized spacial score (nSPS) is 48.8. The Bertz CT molecular complexity index is 682. The fourth-order valence-electron chi connectivity index (χ4n) is 7.53. The molecule has 144 valence electrons. The molecule has 0 aromatic heterocycles. The summed E-state index contributed by atoms with van der Waals surface area (Å²) in [6.07, 6.45) is 8.38. The predicted molar refractivity (Wildman–Crippen MR) is 95.8 cm³/mol. The van der Waals surface area contributed by atoms with Gasteiger partial charge in [0.15, 0.2) is 5.78 Å². The highest BCUT2D eigenvalue weighted by Crippen LogP contribution is 2.68. The molecule has 4 rings (SSSR count). The Morgan fingerprint density at radius 3 is 2.58 bits per heavy atom. The lowest BCUT2D eigenvalue weighted by molar-refractivity contribution is -0.314. The molecule has 0 aromatic rings. The summed E-state index contributed by atoms with van der Waals surface area (Å²) in [6.45, 7) is 6.22. The number of carboxylic acids is 1. The topological polar surface area (TPSA) is 77.4 Å². The molecule has 7 atom stereocenters. The summed E-state index contributed by atoms with van der Waals surface area (Å²) in [6, 6.07) is 0. The van der Waals surface area contributed by atoms with Gasteiger partial charge in [0.2, 0.25) is 0 Å². The number of hydrogen-bond acceptors (Lipinski definition) is 4. The summed E-state index contributed by atoms with van der Waals surface area (Å²) in [5.74, 6) is -0.467. The van der Waals surface area contributed by atoms with E-state index in [1.54, 1.807) is 13.0 Å². The second kappa shape index (κ2) is 5.67. The minimum atomic E-state index is -0.940. The van der Waals surface area contributed by atoms with Gasteiger partial charge >= 0.3 is 0 Å². The van der Waals surface area contributed by atoms with Crippen LogP contribution < -0.4 is 5.11 Å². The number of carbonyl (C=O) groups is 2. The zero-order chi connectivity index (χ0) is 18.9. The van der Waals surface area contributed by atoms with Crippen LogP contribution in [0.3, 0.4) is 0 Å². The Balaban J connectivity index is 1.70. The third kappa shape index (κ3) is 2.17. The molecule has 3 saturated carbocycles. The van der Waals surface area contributed by atoms with Gasteiger partial charge in [0.05, 0.1) is 5.60 Å². The predicted octanol–water partition coefficient (Wildman–Crippen LogP) is 2.64. The Kier molecular flexibility index (Phi) is 3.97. The van der Waals surface area contributed by atoms with Crippen molar-refractivity contribution in [3.63, 3.8) is 0 Å². The molecule has 0 heterocycles. The van der Waals surface area contributed by atoms with Crippen LogP contribution in [-0.2, 0) is 9.59 Å². The van der Waals surface area contributed by atoms with E-state index in [-0.39, 0.29) is 28.4 Å². The van der Waals surface area contributed by atoms with Crippen molar-refractivity contribution in [3.05, 3.63) is 11.6 Å². The molecule has 0 bridgehead atoms. The molecular weight excluding hydrogens is 328 g/mol. The standard InChI is InChI=1S/C22H32O4/c1-13(19(24)25)16-6-7-17-18-5-4-14-12-15(23)8-9-21(14,3)22(18,26)11-10-20(16,17)2/h12-13,16-18,26H,4-11H2,1-3H3,(H,24,25)/p-1/t13-,16+,17-,18-,20+,21-,22+/m0/s1. The fourth-order valence-corrected chi connectivity index (χ4v) is 7.53. The second-order valence-corrected chi connectivity index (χ2v) is 9.94. The van der Waals surface area contributed by atoms with Crippen LogP contribution in [0.4, 0.5) is 0 Å². The van der Waals surface area contributed by atoms with E-state index in [0.29, 0.717) is 18.8 Å². The van der Waals surface area contributed by atoms with Crippen LogP contribution in [-0.4, -0.2) is 22.5 Å². The van der Waals surface area contributed by atoms with Crippen molar-refractivity contribution in [2.45, 2.75) is 77.7 Å². The van der Waals surface area contributed by atoms with Gasteiger partial charge in [0.25, 0.3) is 0 Å². The average molecular weight is 359 g/mol. The minimum Gasteiger partial charge on any atom is -0.550 e. The third-order valence-corrected chi connectivity index (χ3v) is 9.20. The molecule has 0 unspecified atom stereocenters. The maximum atomic E-state index is 11.9. The van der Waals surface area contributed by atoms with Crippen LogP contribution in [0.15, 0.2) is 11.6 Å². The number of rotatable bonds is 2. The molecule has 26 heavy (non-hydrogen) atoms. The highest BCUT2D eigenvalue weighted by Gasteiger charge is 2.66. The van der Waals surface area contributed by atoms with Crippen molar-refractivity contribution in [2.24, 2.45) is 34.5 Å². The first-order valence-electron chi connectivity index (χ1n) is 10.3. The molecule has 3 fully saturated rings. The van der Waals surface area contributed by atoms with E-state index >= 15 is 0 Å². The van der Waals surface area contributed by atoms with Gasteiger partial charge in [-0.05, 0) is 80.1 Å². The monoisotopic (exact) mass is 359 g/mol. The summed E-state index contributed by atoms with van der Waals surface area (Å²) in [5, 5.41) is 23.5. The summed E-state index contributed by atoms with van der Waals surface area (Å²) >= 11 is 0. The number of aliphatic hydroxyl groups is 1. The number of carbonyl (C=O) groups excluding carboxylic acids is 2. The first-order chi connectivity index (χ1) is 12.1. The molecule has 0 spiro atoms. The molecule has 0 aromatic carbocycles. The molecule has 4 aliphatic rings. The van der Waals surface area contributed by atoms with Crippen molar-refractivity contribution in [1.29, 1.82) is 0 Å². The van der Waals surface area contributed by atoms with E-state index in [1.165, 1.54) is 0 Å². The maximum Gasteiger partial charge on any atom is 0.155 e. The van der Waals surface area contributed by atoms with E-state index in [4.69, 9.17) is 0 Å². The van der Waals surface area contributed by atoms with Gasteiger partial charge < -0.3 is 15.0 Å². The van der Waals surface area contributed by atoms with Crippen molar-refractivity contribution >= 4 is 11.8 Å². The van der Waals surface area contributed by atoms with E-state index in [1.807, 2.05) is 0 Å². The van der Waals surface area contributed by atoms with Crippen LogP contribution in [0.25, 0.3) is 0 Å². The second-order valence-electron chi connectivity index (χ2n) is 9.94. The zero-order valence-corrected chi connectivity index (χ0v) is 16.2. The van der Waals surface area contributed by atoms with Gasteiger partial charge in [-0.1, -0.05) is 26.3 Å². The highest BCUT2D eigenvalue weighted by atomic mass is 16.4. The maximum absolute atomic E-state index is 11.9. The van der Waals surface area contributed by atoms with E-state index < -0.39 is 17.5 Å². The molecule has 1 N–H and O–H groups in total. The number of fused-ring (bicyclic) bond motifs is 5. The molecule has 4 heteroatoms. The smallest absolute Gasteiger partial charge is 0.155 e. The van der Waals surface area contributed by atoms with Crippen molar-refractivity contribution in [1.82, 2.24) is 0 Å². The Morgan fingerprint density at radius 1 is 1.15 bits per heavy atom. The number of ketones is 1. The van der Waals surface area contributed by atoms with Crippen molar-refractivity contribution < 1.29 is 19.8 Å². The van der Waals surface area contributed by atoms with Crippen LogP contribution in [0.2, 0.25) is 0 Å².